The third-order valence-corrected chi connectivity index (χ3v) is 5.25. The second-order valence-corrected chi connectivity index (χ2v) is 6.97. The molecular formula is C21H25N3O3. The fraction of sp³-hybridized carbons (Fsp3) is 0.381. The van der Waals surface area contributed by atoms with Crippen LogP contribution in [0.5, 0.6) is 0 Å². The first-order chi connectivity index (χ1) is 13.0. The Balaban J connectivity index is 1.88. The van der Waals surface area contributed by atoms with Crippen LogP contribution in [0.25, 0.3) is 0 Å². The third-order valence-electron chi connectivity index (χ3n) is 5.25. The Labute approximate surface area is 159 Å². The Morgan fingerprint density at radius 2 is 1.89 bits per heavy atom. The maximum atomic E-state index is 13.3. The molecule has 1 aromatic rings. The summed E-state index contributed by atoms with van der Waals surface area (Å²) < 4.78 is 0. The summed E-state index contributed by atoms with van der Waals surface area (Å²) in [6.45, 7) is 7.68. The third kappa shape index (κ3) is 3.39. The molecular weight excluding hydrogens is 342 g/mol. The number of imide groups is 1. The number of fused-ring (bicyclic) bond motifs is 2. The van der Waals surface area contributed by atoms with Crippen LogP contribution in [0.2, 0.25) is 0 Å². The molecule has 0 saturated carbocycles. The number of aryl methyl sites for hydroxylation is 1. The zero-order valence-electron chi connectivity index (χ0n) is 15.4. The summed E-state index contributed by atoms with van der Waals surface area (Å²) in [6.07, 6.45) is 6.44. The zero-order chi connectivity index (χ0) is 19.4. The molecule has 6 heteroatoms. The van der Waals surface area contributed by atoms with Gasteiger partial charge in [-0.2, -0.15) is 0 Å². The van der Waals surface area contributed by atoms with Gasteiger partial charge in [-0.3, -0.25) is 14.5 Å². The van der Waals surface area contributed by atoms with Gasteiger partial charge in [0.05, 0.1) is 0 Å². The standard InChI is InChI=1S/C21H25N3O3/c1-3-13-23(14-4-2)18(25)15-24-19(26)21(22-20(24)27)12-8-7-10-16-9-5-6-11-17(16)21/h3-6,9,11H,1-2,7-8,10,12-15H2,(H,22,27). The monoisotopic (exact) mass is 367 g/mol. The molecule has 3 rings (SSSR count). The molecule has 1 aliphatic heterocycles. The van der Waals surface area contributed by atoms with Crippen molar-refractivity contribution in [3.63, 3.8) is 0 Å². The first-order valence-electron chi connectivity index (χ1n) is 9.25. The Morgan fingerprint density at radius 3 is 2.59 bits per heavy atom. The number of nitrogens with one attached hydrogen (secondary N) is 1. The Hall–Kier alpha value is -2.89. The Kier molecular flexibility index (Phi) is 5.44. The number of carbonyl (C=O) groups is 3. The van der Waals surface area contributed by atoms with Crippen molar-refractivity contribution < 1.29 is 14.4 Å². The van der Waals surface area contributed by atoms with E-state index >= 15 is 0 Å². The SMILES string of the molecule is C=CCN(CC=C)C(=O)CN1C(=O)NC2(CCCCc3ccccc32)C1=O. The molecule has 0 radical (unpaired) electrons. The Morgan fingerprint density at radius 1 is 1.19 bits per heavy atom. The molecule has 4 amide bonds. The molecule has 2 aliphatic rings. The summed E-state index contributed by atoms with van der Waals surface area (Å²) in [4.78, 5) is 41.1. The van der Waals surface area contributed by atoms with Gasteiger partial charge in [0.15, 0.2) is 0 Å². The Bertz CT molecular complexity index is 779. The maximum Gasteiger partial charge on any atom is 0.325 e. The molecule has 1 unspecified atom stereocenters. The van der Waals surface area contributed by atoms with Gasteiger partial charge in [-0.15, -0.1) is 13.2 Å². The summed E-state index contributed by atoms with van der Waals surface area (Å²) in [5.41, 5.74) is 0.869. The van der Waals surface area contributed by atoms with E-state index in [9.17, 15) is 14.4 Å². The zero-order valence-corrected chi connectivity index (χ0v) is 15.4. The molecule has 1 N–H and O–H groups in total. The lowest BCUT2D eigenvalue weighted by atomic mass is 9.84. The highest BCUT2D eigenvalue weighted by atomic mass is 16.2. The van der Waals surface area contributed by atoms with E-state index in [-0.39, 0.29) is 18.4 Å². The predicted molar refractivity (Wildman–Crippen MR) is 103 cm³/mol. The fourth-order valence-corrected chi connectivity index (χ4v) is 3.94. The lowest BCUT2D eigenvalue weighted by molar-refractivity contribution is -0.138. The van der Waals surface area contributed by atoms with E-state index in [1.54, 1.807) is 12.2 Å². The number of nitrogens with zero attached hydrogens (tertiary/aromatic N) is 2. The van der Waals surface area contributed by atoms with Gasteiger partial charge in [0, 0.05) is 13.1 Å². The van der Waals surface area contributed by atoms with E-state index in [2.05, 4.69) is 18.5 Å². The molecule has 6 nitrogen and oxygen atoms in total. The number of hydrogen-bond donors (Lipinski definition) is 1. The molecule has 1 aromatic carbocycles. The first kappa shape index (κ1) is 18.9. The van der Waals surface area contributed by atoms with Crippen molar-refractivity contribution in [3.8, 4) is 0 Å². The van der Waals surface area contributed by atoms with Gasteiger partial charge in [0.1, 0.15) is 12.1 Å². The molecule has 0 bridgehead atoms. The van der Waals surface area contributed by atoms with E-state index < -0.39 is 11.6 Å². The van der Waals surface area contributed by atoms with Crippen LogP contribution in [0, 0.1) is 0 Å². The van der Waals surface area contributed by atoms with Gasteiger partial charge in [-0.1, -0.05) is 36.4 Å². The van der Waals surface area contributed by atoms with Crippen LogP contribution in [0.4, 0.5) is 4.79 Å². The second-order valence-electron chi connectivity index (χ2n) is 6.97. The minimum atomic E-state index is -1.06. The van der Waals surface area contributed by atoms with Gasteiger partial charge in [0.2, 0.25) is 5.91 Å². The summed E-state index contributed by atoms with van der Waals surface area (Å²) >= 11 is 0. The number of benzene rings is 1. The van der Waals surface area contributed by atoms with Crippen LogP contribution < -0.4 is 5.32 Å². The van der Waals surface area contributed by atoms with Gasteiger partial charge in [0.25, 0.3) is 5.91 Å². The van der Waals surface area contributed by atoms with Crippen LogP contribution in [0.1, 0.15) is 30.4 Å². The highest BCUT2D eigenvalue weighted by Crippen LogP contribution is 2.38. The van der Waals surface area contributed by atoms with E-state index in [0.29, 0.717) is 19.5 Å². The number of hydrogen-bond acceptors (Lipinski definition) is 3. The average molecular weight is 367 g/mol. The fourth-order valence-electron chi connectivity index (χ4n) is 3.94. The number of amides is 4. The van der Waals surface area contributed by atoms with Crippen LogP contribution >= 0.6 is 0 Å². The first-order valence-corrected chi connectivity index (χ1v) is 9.25. The summed E-state index contributed by atoms with van der Waals surface area (Å²) in [5, 5.41) is 2.90. The van der Waals surface area contributed by atoms with Gasteiger partial charge in [-0.25, -0.2) is 4.79 Å². The maximum absolute atomic E-state index is 13.3. The molecule has 142 valence electrons. The highest BCUT2D eigenvalue weighted by Gasteiger charge is 2.53. The second kappa shape index (κ2) is 7.78. The van der Waals surface area contributed by atoms with E-state index in [1.807, 2.05) is 24.3 Å². The summed E-state index contributed by atoms with van der Waals surface area (Å²) in [7, 11) is 0. The molecule has 1 aliphatic carbocycles. The molecule has 1 heterocycles. The minimum absolute atomic E-state index is 0.281. The number of rotatable bonds is 6. The van der Waals surface area contributed by atoms with Crippen LogP contribution in [0.15, 0.2) is 49.6 Å². The summed E-state index contributed by atoms with van der Waals surface area (Å²) in [5.74, 6) is -0.649. The van der Waals surface area contributed by atoms with Crippen molar-refractivity contribution in [2.24, 2.45) is 0 Å². The smallest absolute Gasteiger partial charge is 0.325 e. The number of carbonyl (C=O) groups excluding carboxylic acids is 3. The largest absolute Gasteiger partial charge is 0.334 e. The van der Waals surface area contributed by atoms with Crippen LogP contribution in [-0.4, -0.2) is 47.3 Å². The van der Waals surface area contributed by atoms with Crippen molar-refractivity contribution in [1.29, 1.82) is 0 Å². The van der Waals surface area contributed by atoms with Crippen molar-refractivity contribution in [3.05, 3.63) is 60.7 Å². The lowest BCUT2D eigenvalue weighted by Gasteiger charge is -2.28. The molecule has 0 aromatic heterocycles. The predicted octanol–water partition coefficient (Wildman–Crippen LogP) is 2.36. The minimum Gasteiger partial charge on any atom is -0.334 e. The highest BCUT2D eigenvalue weighted by molar-refractivity contribution is 6.09. The van der Waals surface area contributed by atoms with Crippen molar-refractivity contribution in [2.45, 2.75) is 31.2 Å². The molecule has 1 spiro atoms. The van der Waals surface area contributed by atoms with Crippen molar-refractivity contribution in [1.82, 2.24) is 15.1 Å². The van der Waals surface area contributed by atoms with Crippen molar-refractivity contribution in [2.75, 3.05) is 19.6 Å². The molecule has 1 atom stereocenters. The quantitative estimate of drug-likeness (QED) is 0.620. The van der Waals surface area contributed by atoms with Gasteiger partial charge < -0.3 is 10.2 Å². The number of urea groups is 1. The average Bonchev–Trinajstić information content (AvgIpc) is 2.81. The molecule has 27 heavy (non-hydrogen) atoms. The van der Waals surface area contributed by atoms with E-state index in [4.69, 9.17) is 0 Å². The van der Waals surface area contributed by atoms with Crippen LogP contribution in [-0.2, 0) is 21.5 Å². The van der Waals surface area contributed by atoms with Crippen LogP contribution in [0.3, 0.4) is 0 Å². The van der Waals surface area contributed by atoms with Gasteiger partial charge >= 0.3 is 6.03 Å². The van der Waals surface area contributed by atoms with Gasteiger partial charge in [-0.05, 0) is 36.8 Å². The molecule has 1 saturated heterocycles. The van der Waals surface area contributed by atoms with E-state index in [0.717, 1.165) is 35.3 Å². The summed E-state index contributed by atoms with van der Waals surface area (Å²) in [6, 6.07) is 7.23. The topological polar surface area (TPSA) is 69.7 Å². The lowest BCUT2D eigenvalue weighted by Crippen LogP contribution is -2.46. The van der Waals surface area contributed by atoms with Crippen molar-refractivity contribution >= 4 is 17.8 Å². The molecule has 1 fully saturated rings. The normalized spacial score (nSPS) is 21.4. The van der Waals surface area contributed by atoms with E-state index in [1.165, 1.54) is 4.90 Å².